The van der Waals surface area contributed by atoms with E-state index in [-0.39, 0.29) is 0 Å². The summed E-state index contributed by atoms with van der Waals surface area (Å²) in [5.74, 6) is 0.476. The molecule has 3 rings (SSSR count). The van der Waals surface area contributed by atoms with E-state index in [4.69, 9.17) is 0 Å². The summed E-state index contributed by atoms with van der Waals surface area (Å²) in [6, 6.07) is 11.1. The smallest absolute Gasteiger partial charge is 0.417 e. The van der Waals surface area contributed by atoms with Crippen molar-refractivity contribution in [2.24, 2.45) is 0 Å². The second-order valence-electron chi connectivity index (χ2n) is 3.51. The van der Waals surface area contributed by atoms with E-state index in [9.17, 15) is 9.90 Å². The Morgan fingerprint density at radius 3 is 2.76 bits per heavy atom. The lowest BCUT2D eigenvalue weighted by molar-refractivity contribution is 0.204. The van der Waals surface area contributed by atoms with Gasteiger partial charge in [-0.2, -0.15) is 0 Å². The number of hydrogen-bond donors (Lipinski definition) is 1. The maximum atomic E-state index is 11.4. The molecule has 1 N–H and O–H groups in total. The van der Waals surface area contributed by atoms with E-state index in [1.807, 2.05) is 24.3 Å². The number of para-hydroxylation sites is 1. The number of rotatable bonds is 0. The normalized spacial score (nSPS) is 12.8. The van der Waals surface area contributed by atoms with Gasteiger partial charge in [-0.25, -0.2) is 14.7 Å². The molecule has 0 radical (unpaired) electrons. The van der Waals surface area contributed by atoms with Crippen LogP contribution in [0.5, 0.6) is 0 Å². The number of carboxylic acid groups (broad SMARTS) is 1. The second-order valence-corrected chi connectivity index (χ2v) is 4.60. The van der Waals surface area contributed by atoms with E-state index >= 15 is 0 Å². The number of pyridine rings is 1. The van der Waals surface area contributed by atoms with Gasteiger partial charge in [0, 0.05) is 11.1 Å². The van der Waals surface area contributed by atoms with Crippen molar-refractivity contribution in [2.75, 3.05) is 4.90 Å². The summed E-state index contributed by atoms with van der Waals surface area (Å²) < 4.78 is 0. The largest absolute Gasteiger partial charge is 0.464 e. The van der Waals surface area contributed by atoms with Crippen LogP contribution in [0.25, 0.3) is 0 Å². The molecule has 1 aliphatic heterocycles. The van der Waals surface area contributed by atoms with Crippen LogP contribution in [0.2, 0.25) is 0 Å². The first-order chi connectivity index (χ1) is 8.27. The molecule has 0 aliphatic carbocycles. The summed E-state index contributed by atoms with van der Waals surface area (Å²) in [6.07, 6.45) is 0.584. The second kappa shape index (κ2) is 3.78. The van der Waals surface area contributed by atoms with Crippen LogP contribution in [0.4, 0.5) is 16.3 Å². The fraction of sp³-hybridized carbons (Fsp3) is 0. The predicted octanol–water partition coefficient (Wildman–Crippen LogP) is 3.36. The maximum absolute atomic E-state index is 11.4. The molecule has 0 bridgehead atoms. The van der Waals surface area contributed by atoms with Crippen molar-refractivity contribution in [3.8, 4) is 0 Å². The number of aromatic nitrogens is 1. The minimum absolute atomic E-state index is 0.476. The van der Waals surface area contributed by atoms with Gasteiger partial charge in [-0.1, -0.05) is 23.9 Å². The van der Waals surface area contributed by atoms with Gasteiger partial charge in [0.15, 0.2) is 5.82 Å². The van der Waals surface area contributed by atoms with E-state index in [1.54, 1.807) is 18.3 Å². The number of amides is 1. The molecular formula is C12H8N2O2S. The molecular weight excluding hydrogens is 236 g/mol. The maximum Gasteiger partial charge on any atom is 0.417 e. The number of fused-ring (bicyclic) bond motifs is 2. The van der Waals surface area contributed by atoms with Gasteiger partial charge >= 0.3 is 6.09 Å². The van der Waals surface area contributed by atoms with E-state index in [1.165, 1.54) is 16.7 Å². The molecule has 0 saturated carbocycles. The molecule has 2 aromatic rings. The highest BCUT2D eigenvalue weighted by atomic mass is 32.2. The number of carbonyl (C=O) groups is 1. The Labute approximate surface area is 102 Å². The lowest BCUT2D eigenvalue weighted by Gasteiger charge is -2.27. The van der Waals surface area contributed by atoms with Gasteiger partial charge < -0.3 is 5.11 Å². The molecule has 4 nitrogen and oxygen atoms in total. The van der Waals surface area contributed by atoms with Crippen LogP contribution in [-0.4, -0.2) is 16.2 Å². The summed E-state index contributed by atoms with van der Waals surface area (Å²) in [5.41, 5.74) is 0.663. The minimum Gasteiger partial charge on any atom is -0.464 e. The average molecular weight is 244 g/mol. The van der Waals surface area contributed by atoms with Crippen LogP contribution in [0.3, 0.4) is 0 Å². The summed E-state index contributed by atoms with van der Waals surface area (Å²) in [7, 11) is 0. The summed E-state index contributed by atoms with van der Waals surface area (Å²) in [5, 5.41) is 9.31. The van der Waals surface area contributed by atoms with Crippen molar-refractivity contribution < 1.29 is 9.90 Å². The molecule has 0 atom stereocenters. The van der Waals surface area contributed by atoms with E-state index in [2.05, 4.69) is 4.98 Å². The first-order valence-corrected chi connectivity index (χ1v) is 5.84. The van der Waals surface area contributed by atoms with Crippen LogP contribution >= 0.6 is 11.8 Å². The van der Waals surface area contributed by atoms with Crippen LogP contribution in [0, 0.1) is 0 Å². The molecule has 84 valence electrons. The van der Waals surface area contributed by atoms with Crippen LogP contribution in [0.15, 0.2) is 52.4 Å². The summed E-state index contributed by atoms with van der Waals surface area (Å²) in [4.78, 5) is 18.5. The van der Waals surface area contributed by atoms with Gasteiger partial charge in [0.2, 0.25) is 0 Å². The lowest BCUT2D eigenvalue weighted by Crippen LogP contribution is -2.27. The first-order valence-electron chi connectivity index (χ1n) is 5.02. The van der Waals surface area contributed by atoms with E-state index in [0.29, 0.717) is 11.5 Å². The average Bonchev–Trinajstić information content (AvgIpc) is 2.35. The Bertz CT molecular complexity index is 555. The van der Waals surface area contributed by atoms with Crippen molar-refractivity contribution in [1.29, 1.82) is 0 Å². The van der Waals surface area contributed by atoms with Crippen molar-refractivity contribution in [2.45, 2.75) is 9.79 Å². The zero-order chi connectivity index (χ0) is 11.8. The monoisotopic (exact) mass is 244 g/mol. The Kier molecular flexibility index (Phi) is 2.26. The molecule has 1 aliphatic rings. The SMILES string of the molecule is O=C(O)N1c2ccccc2Sc2cccnc21. The molecule has 1 aromatic heterocycles. The minimum atomic E-state index is -1.02. The third kappa shape index (κ3) is 1.55. The molecule has 0 unspecified atom stereocenters. The number of anilines is 2. The zero-order valence-electron chi connectivity index (χ0n) is 8.70. The molecule has 17 heavy (non-hydrogen) atoms. The highest BCUT2D eigenvalue weighted by molar-refractivity contribution is 7.99. The summed E-state index contributed by atoms with van der Waals surface area (Å²) >= 11 is 1.54. The Morgan fingerprint density at radius 2 is 1.94 bits per heavy atom. The highest BCUT2D eigenvalue weighted by Crippen LogP contribution is 2.46. The fourth-order valence-electron chi connectivity index (χ4n) is 1.78. The molecule has 2 heterocycles. The van der Waals surface area contributed by atoms with Crippen molar-refractivity contribution in [3.63, 3.8) is 0 Å². The number of nitrogens with zero attached hydrogens (tertiary/aromatic N) is 2. The Balaban J connectivity index is 2.24. The van der Waals surface area contributed by atoms with Crippen molar-refractivity contribution in [1.82, 2.24) is 4.98 Å². The third-order valence-electron chi connectivity index (χ3n) is 2.48. The van der Waals surface area contributed by atoms with E-state index < -0.39 is 6.09 Å². The molecule has 0 saturated heterocycles. The van der Waals surface area contributed by atoms with Gasteiger partial charge in [0.05, 0.1) is 10.6 Å². The molecule has 1 aromatic carbocycles. The van der Waals surface area contributed by atoms with Crippen LogP contribution < -0.4 is 4.90 Å². The Hall–Kier alpha value is -2.01. The highest BCUT2D eigenvalue weighted by Gasteiger charge is 2.28. The standard InChI is InChI=1S/C12H8N2O2S/c15-12(16)14-8-4-1-2-5-9(8)17-10-6-3-7-13-11(10)14/h1-7H,(H,15,16). The third-order valence-corrected chi connectivity index (χ3v) is 3.58. The quantitative estimate of drug-likeness (QED) is 0.772. The van der Waals surface area contributed by atoms with Gasteiger partial charge in [-0.3, -0.25) is 0 Å². The van der Waals surface area contributed by atoms with E-state index in [0.717, 1.165) is 9.79 Å². The number of benzene rings is 1. The van der Waals surface area contributed by atoms with Crippen LogP contribution in [0.1, 0.15) is 0 Å². The Morgan fingerprint density at radius 1 is 1.18 bits per heavy atom. The molecule has 5 heteroatoms. The van der Waals surface area contributed by atoms with Crippen molar-refractivity contribution in [3.05, 3.63) is 42.6 Å². The summed E-state index contributed by atoms with van der Waals surface area (Å²) in [6.45, 7) is 0. The van der Waals surface area contributed by atoms with Gasteiger partial charge in [-0.15, -0.1) is 0 Å². The topological polar surface area (TPSA) is 53.4 Å². The van der Waals surface area contributed by atoms with Crippen molar-refractivity contribution >= 4 is 29.4 Å². The number of hydrogen-bond acceptors (Lipinski definition) is 3. The van der Waals surface area contributed by atoms with Gasteiger partial charge in [-0.05, 0) is 24.3 Å². The molecule has 0 fully saturated rings. The fourth-order valence-corrected chi connectivity index (χ4v) is 2.81. The predicted molar refractivity (Wildman–Crippen MR) is 65.0 cm³/mol. The van der Waals surface area contributed by atoms with Crippen LogP contribution in [-0.2, 0) is 0 Å². The lowest BCUT2D eigenvalue weighted by atomic mass is 10.3. The van der Waals surface area contributed by atoms with Gasteiger partial charge in [0.25, 0.3) is 0 Å². The molecule has 1 amide bonds. The van der Waals surface area contributed by atoms with Gasteiger partial charge in [0.1, 0.15) is 0 Å². The first kappa shape index (κ1) is 10.2. The molecule has 0 spiro atoms. The zero-order valence-corrected chi connectivity index (χ0v) is 9.52.